The van der Waals surface area contributed by atoms with Gasteiger partial charge in [-0.2, -0.15) is 0 Å². The Hall–Kier alpha value is -1.50. The van der Waals surface area contributed by atoms with Crippen LogP contribution in [0.3, 0.4) is 0 Å². The van der Waals surface area contributed by atoms with E-state index in [9.17, 15) is 14.7 Å². The maximum absolute atomic E-state index is 12.8. The minimum atomic E-state index is -1.07. The maximum Gasteiger partial charge on any atom is 0.241 e. The number of ether oxygens (including phenoxy) is 1. The fourth-order valence-corrected chi connectivity index (χ4v) is 4.15. The second kappa shape index (κ2) is 4.28. The van der Waals surface area contributed by atoms with Crippen LogP contribution in [-0.4, -0.2) is 34.7 Å². The van der Waals surface area contributed by atoms with Crippen LogP contribution in [0.5, 0.6) is 0 Å². The molecule has 1 N–H and O–H groups in total. The van der Waals surface area contributed by atoms with Crippen LogP contribution in [0.25, 0.3) is 0 Å². The first kappa shape index (κ1) is 14.1. The van der Waals surface area contributed by atoms with E-state index in [0.717, 1.165) is 4.47 Å². The molecule has 2 bridgehead atoms. The number of fused-ring (bicyclic) bond motifs is 5. The van der Waals surface area contributed by atoms with E-state index < -0.39 is 23.0 Å². The van der Waals surface area contributed by atoms with Crippen molar-refractivity contribution in [2.75, 3.05) is 11.5 Å². The van der Waals surface area contributed by atoms with Crippen molar-refractivity contribution in [2.24, 2.45) is 11.8 Å². The summed E-state index contributed by atoms with van der Waals surface area (Å²) in [4.78, 5) is 26.9. The number of aliphatic hydroxyl groups excluding tert-OH is 1. The lowest BCUT2D eigenvalue weighted by Crippen LogP contribution is -2.43. The monoisotopic (exact) mass is 363 g/mol. The highest BCUT2D eigenvalue weighted by Crippen LogP contribution is 2.57. The lowest BCUT2D eigenvalue weighted by Gasteiger charge is -2.26. The minimum absolute atomic E-state index is 0.264. The molecule has 0 aromatic heterocycles. The molecule has 22 heavy (non-hydrogen) atoms. The van der Waals surface area contributed by atoms with Crippen molar-refractivity contribution < 1.29 is 19.4 Å². The van der Waals surface area contributed by atoms with Crippen LogP contribution in [-0.2, 0) is 14.3 Å². The zero-order valence-corrected chi connectivity index (χ0v) is 13.4. The molecule has 3 aliphatic rings. The van der Waals surface area contributed by atoms with E-state index in [1.54, 1.807) is 43.3 Å². The summed E-state index contributed by atoms with van der Waals surface area (Å²) in [5.41, 5.74) is -1.36. The third kappa shape index (κ3) is 1.55. The summed E-state index contributed by atoms with van der Waals surface area (Å²) in [6.07, 6.45) is 3.52. The van der Waals surface area contributed by atoms with Crippen molar-refractivity contribution in [1.82, 2.24) is 0 Å². The van der Waals surface area contributed by atoms with E-state index in [1.165, 1.54) is 4.90 Å². The molecule has 0 spiro atoms. The molecule has 5 nitrogen and oxygen atoms in total. The third-order valence-corrected chi connectivity index (χ3v) is 5.42. The molecule has 2 saturated heterocycles. The quantitative estimate of drug-likeness (QED) is 0.640. The van der Waals surface area contributed by atoms with Gasteiger partial charge in [0.1, 0.15) is 5.60 Å². The van der Waals surface area contributed by atoms with Crippen molar-refractivity contribution >= 4 is 33.4 Å². The number of anilines is 1. The average Bonchev–Trinajstić information content (AvgIpc) is 3.07. The molecule has 0 unspecified atom stereocenters. The molecular formula is C16H14BrNO4. The zero-order chi connectivity index (χ0) is 15.7. The summed E-state index contributed by atoms with van der Waals surface area (Å²) in [5, 5.41) is 9.74. The predicted molar refractivity (Wildman–Crippen MR) is 82.1 cm³/mol. The number of nitrogens with zero attached hydrogens (tertiary/aromatic N) is 1. The van der Waals surface area contributed by atoms with Crippen LogP contribution in [0, 0.1) is 11.8 Å². The Morgan fingerprint density at radius 3 is 2.45 bits per heavy atom. The molecule has 0 aliphatic carbocycles. The molecule has 3 aliphatic heterocycles. The van der Waals surface area contributed by atoms with Crippen LogP contribution in [0.2, 0.25) is 0 Å². The fraction of sp³-hybridized carbons (Fsp3) is 0.375. The standard InChI is InChI=1S/C16H14BrNO4/c1-15-6-7-16(8-19,22-15)12-11(15)13(20)18(14(12)21)10-4-2-9(17)3-5-10/h2-7,11-12,19H,8H2,1H3/t11-,12+,15+,16+/m1/s1. The van der Waals surface area contributed by atoms with Crippen molar-refractivity contribution in [3.05, 3.63) is 40.9 Å². The summed E-state index contributed by atoms with van der Waals surface area (Å²) >= 11 is 3.34. The smallest absolute Gasteiger partial charge is 0.241 e. The molecule has 2 fully saturated rings. The van der Waals surface area contributed by atoms with Gasteiger partial charge in [0.25, 0.3) is 0 Å². The normalized spacial score (nSPS) is 39.0. The van der Waals surface area contributed by atoms with Crippen LogP contribution in [0.4, 0.5) is 5.69 Å². The number of hydrogen-bond donors (Lipinski definition) is 1. The number of rotatable bonds is 2. The Morgan fingerprint density at radius 2 is 1.82 bits per heavy atom. The van der Waals surface area contributed by atoms with Gasteiger partial charge in [0.05, 0.1) is 29.7 Å². The van der Waals surface area contributed by atoms with E-state index in [1.807, 2.05) is 0 Å². The van der Waals surface area contributed by atoms with E-state index in [4.69, 9.17) is 4.74 Å². The van der Waals surface area contributed by atoms with Gasteiger partial charge in [0.15, 0.2) is 0 Å². The Morgan fingerprint density at radius 1 is 1.18 bits per heavy atom. The first-order valence-electron chi connectivity index (χ1n) is 7.07. The van der Waals surface area contributed by atoms with E-state index in [2.05, 4.69) is 15.9 Å². The highest BCUT2D eigenvalue weighted by Gasteiger charge is 2.72. The average molecular weight is 364 g/mol. The molecule has 6 heteroatoms. The van der Waals surface area contributed by atoms with Gasteiger partial charge in [-0.3, -0.25) is 9.59 Å². The zero-order valence-electron chi connectivity index (χ0n) is 11.8. The van der Waals surface area contributed by atoms with Gasteiger partial charge in [0.2, 0.25) is 11.8 Å². The third-order valence-electron chi connectivity index (χ3n) is 4.89. The highest BCUT2D eigenvalue weighted by molar-refractivity contribution is 9.10. The molecule has 1 aromatic rings. The van der Waals surface area contributed by atoms with Crippen LogP contribution >= 0.6 is 15.9 Å². The highest BCUT2D eigenvalue weighted by atomic mass is 79.9. The molecule has 3 heterocycles. The second-order valence-corrected chi connectivity index (χ2v) is 7.09. The number of halogens is 1. The summed E-state index contributed by atoms with van der Waals surface area (Å²) in [5.74, 6) is -1.82. The molecule has 1 aromatic carbocycles. The SMILES string of the molecule is C[C@@]12C=C[C@@](CO)(O1)[C@@H]1C(=O)N(c3ccc(Br)cc3)C(=O)[C@@H]12. The Labute approximate surface area is 135 Å². The largest absolute Gasteiger partial charge is 0.393 e. The van der Waals surface area contributed by atoms with E-state index in [-0.39, 0.29) is 18.4 Å². The molecule has 114 valence electrons. The summed E-state index contributed by atoms with van der Waals surface area (Å²) in [7, 11) is 0. The Kier molecular flexibility index (Phi) is 2.74. The van der Waals surface area contributed by atoms with Gasteiger partial charge >= 0.3 is 0 Å². The molecule has 2 amide bonds. The summed E-state index contributed by atoms with van der Waals surface area (Å²) in [6.45, 7) is 1.48. The number of aliphatic hydroxyl groups is 1. The van der Waals surface area contributed by atoms with Gasteiger partial charge < -0.3 is 9.84 Å². The molecule has 4 rings (SSSR count). The Balaban J connectivity index is 1.80. The maximum atomic E-state index is 12.8. The first-order chi connectivity index (χ1) is 10.4. The van der Waals surface area contributed by atoms with Crippen molar-refractivity contribution in [3.63, 3.8) is 0 Å². The lowest BCUT2D eigenvalue weighted by molar-refractivity contribution is -0.131. The number of amides is 2. The number of carbonyl (C=O) groups is 2. The number of imide groups is 1. The molecule has 4 atom stereocenters. The second-order valence-electron chi connectivity index (χ2n) is 6.18. The lowest BCUT2D eigenvalue weighted by atomic mass is 9.73. The number of carbonyl (C=O) groups excluding carboxylic acids is 2. The summed E-state index contributed by atoms with van der Waals surface area (Å²) < 4.78 is 6.75. The van der Waals surface area contributed by atoms with Crippen LogP contribution < -0.4 is 4.90 Å². The predicted octanol–water partition coefficient (Wildman–Crippen LogP) is 1.64. The molecule has 0 radical (unpaired) electrons. The van der Waals surface area contributed by atoms with E-state index in [0.29, 0.717) is 5.69 Å². The summed E-state index contributed by atoms with van der Waals surface area (Å²) in [6, 6.07) is 7.03. The Bertz CT molecular complexity index is 715. The van der Waals surface area contributed by atoms with Gasteiger partial charge in [-0.15, -0.1) is 0 Å². The van der Waals surface area contributed by atoms with E-state index >= 15 is 0 Å². The number of benzene rings is 1. The van der Waals surface area contributed by atoms with Crippen LogP contribution in [0.15, 0.2) is 40.9 Å². The molecule has 0 saturated carbocycles. The van der Waals surface area contributed by atoms with Gasteiger partial charge in [-0.25, -0.2) is 4.90 Å². The fourth-order valence-electron chi connectivity index (χ4n) is 3.89. The molecular weight excluding hydrogens is 350 g/mol. The van der Waals surface area contributed by atoms with Gasteiger partial charge in [-0.05, 0) is 31.2 Å². The first-order valence-corrected chi connectivity index (χ1v) is 7.86. The van der Waals surface area contributed by atoms with Crippen LogP contribution in [0.1, 0.15) is 6.92 Å². The minimum Gasteiger partial charge on any atom is -0.393 e. The van der Waals surface area contributed by atoms with Crippen molar-refractivity contribution in [1.29, 1.82) is 0 Å². The number of hydrogen-bond acceptors (Lipinski definition) is 4. The van der Waals surface area contributed by atoms with Gasteiger partial charge in [0, 0.05) is 4.47 Å². The van der Waals surface area contributed by atoms with Gasteiger partial charge in [-0.1, -0.05) is 28.1 Å². The van der Waals surface area contributed by atoms with Crippen molar-refractivity contribution in [3.8, 4) is 0 Å². The van der Waals surface area contributed by atoms with Crippen molar-refractivity contribution in [2.45, 2.75) is 18.1 Å². The topological polar surface area (TPSA) is 66.8 Å².